The molecule has 1 heterocycles. The molecule has 0 aliphatic heterocycles. The average molecular weight is 202 g/mol. The van der Waals surface area contributed by atoms with Gasteiger partial charge in [0.1, 0.15) is 12.7 Å². The average Bonchev–Trinajstić information content (AvgIpc) is 2.31. The van der Waals surface area contributed by atoms with E-state index in [1.807, 2.05) is 30.3 Å². The number of rotatable bonds is 3. The van der Waals surface area contributed by atoms with Crippen LogP contribution in [0.2, 0.25) is 0 Å². The fourth-order valence-electron chi connectivity index (χ4n) is 1.19. The standard InChI is InChI=1S/C10H10N4O/c15-14(10-12-7-11-8-13-10)6-9-4-2-1-3-5-9/h1-5,7-8,15H,6H2. The summed E-state index contributed by atoms with van der Waals surface area (Å²) in [6.45, 7) is 0.352. The van der Waals surface area contributed by atoms with E-state index < -0.39 is 0 Å². The van der Waals surface area contributed by atoms with E-state index in [1.165, 1.54) is 12.7 Å². The molecule has 76 valence electrons. The maximum atomic E-state index is 9.65. The highest BCUT2D eigenvalue weighted by molar-refractivity contribution is 5.26. The molecule has 15 heavy (non-hydrogen) atoms. The van der Waals surface area contributed by atoms with Crippen LogP contribution in [0.5, 0.6) is 0 Å². The van der Waals surface area contributed by atoms with E-state index in [0.29, 0.717) is 6.54 Å². The number of hydrogen-bond donors (Lipinski definition) is 1. The second kappa shape index (κ2) is 4.47. The largest absolute Gasteiger partial charge is 0.285 e. The summed E-state index contributed by atoms with van der Waals surface area (Å²) >= 11 is 0. The molecule has 1 N–H and O–H groups in total. The van der Waals surface area contributed by atoms with Crippen LogP contribution in [0.4, 0.5) is 5.95 Å². The predicted octanol–water partition coefficient (Wildman–Crippen LogP) is 1.27. The molecule has 0 fully saturated rings. The SMILES string of the molecule is ON(Cc1ccccc1)c1ncncn1. The molecule has 0 atom stereocenters. The zero-order valence-electron chi connectivity index (χ0n) is 7.98. The second-order valence-electron chi connectivity index (χ2n) is 2.98. The van der Waals surface area contributed by atoms with Gasteiger partial charge < -0.3 is 0 Å². The van der Waals surface area contributed by atoms with Gasteiger partial charge in [0.25, 0.3) is 5.95 Å². The van der Waals surface area contributed by atoms with Gasteiger partial charge in [-0.05, 0) is 5.56 Å². The molecule has 0 saturated carbocycles. The number of benzene rings is 1. The van der Waals surface area contributed by atoms with Gasteiger partial charge in [0.2, 0.25) is 0 Å². The van der Waals surface area contributed by atoms with Gasteiger partial charge in [-0.15, -0.1) is 0 Å². The molecule has 5 nitrogen and oxygen atoms in total. The Morgan fingerprint density at radius 2 is 1.73 bits per heavy atom. The summed E-state index contributed by atoms with van der Waals surface area (Å²) in [5.74, 6) is 0.244. The van der Waals surface area contributed by atoms with E-state index in [1.54, 1.807) is 0 Å². The van der Waals surface area contributed by atoms with Gasteiger partial charge in [0, 0.05) is 0 Å². The Morgan fingerprint density at radius 1 is 1.07 bits per heavy atom. The molecular formula is C10H10N4O. The van der Waals surface area contributed by atoms with Crippen LogP contribution in [0.1, 0.15) is 5.56 Å². The monoisotopic (exact) mass is 202 g/mol. The summed E-state index contributed by atoms with van der Waals surface area (Å²) in [5, 5.41) is 10.6. The lowest BCUT2D eigenvalue weighted by Gasteiger charge is -2.13. The Bertz CT molecular complexity index is 406. The van der Waals surface area contributed by atoms with Crippen LogP contribution in [-0.4, -0.2) is 20.2 Å². The summed E-state index contributed by atoms with van der Waals surface area (Å²) in [6, 6.07) is 9.59. The molecule has 0 unspecified atom stereocenters. The maximum absolute atomic E-state index is 9.65. The van der Waals surface area contributed by atoms with Crippen LogP contribution in [-0.2, 0) is 6.54 Å². The topological polar surface area (TPSA) is 62.1 Å². The van der Waals surface area contributed by atoms with Crippen LogP contribution in [0.15, 0.2) is 43.0 Å². The van der Waals surface area contributed by atoms with Crippen molar-refractivity contribution >= 4 is 5.95 Å². The van der Waals surface area contributed by atoms with E-state index in [-0.39, 0.29) is 5.95 Å². The third kappa shape index (κ3) is 2.47. The van der Waals surface area contributed by atoms with Crippen molar-refractivity contribution in [3.63, 3.8) is 0 Å². The Labute approximate surface area is 87.0 Å². The molecule has 2 rings (SSSR count). The Morgan fingerprint density at radius 3 is 2.40 bits per heavy atom. The molecule has 0 bridgehead atoms. The minimum Gasteiger partial charge on any atom is -0.285 e. The van der Waals surface area contributed by atoms with Crippen molar-refractivity contribution in [1.29, 1.82) is 0 Å². The molecule has 1 aromatic carbocycles. The lowest BCUT2D eigenvalue weighted by Crippen LogP contribution is -2.19. The van der Waals surface area contributed by atoms with Crippen molar-refractivity contribution in [3.8, 4) is 0 Å². The first-order valence-corrected chi connectivity index (χ1v) is 4.48. The second-order valence-corrected chi connectivity index (χ2v) is 2.98. The number of hydrogen-bond acceptors (Lipinski definition) is 5. The number of aromatic nitrogens is 3. The van der Waals surface area contributed by atoms with Crippen molar-refractivity contribution < 1.29 is 5.21 Å². The van der Waals surface area contributed by atoms with Crippen molar-refractivity contribution in [3.05, 3.63) is 48.5 Å². The highest BCUT2D eigenvalue weighted by atomic mass is 16.5. The Hall–Kier alpha value is -2.01. The molecule has 0 radical (unpaired) electrons. The van der Waals surface area contributed by atoms with Gasteiger partial charge in [-0.25, -0.2) is 10.0 Å². The molecule has 0 amide bonds. The lowest BCUT2D eigenvalue weighted by molar-refractivity contribution is 0.242. The third-order valence-corrected chi connectivity index (χ3v) is 1.89. The minimum atomic E-state index is 0.244. The molecule has 0 aliphatic carbocycles. The fourth-order valence-corrected chi connectivity index (χ4v) is 1.19. The first-order valence-electron chi connectivity index (χ1n) is 4.48. The Kier molecular flexibility index (Phi) is 2.85. The first kappa shape index (κ1) is 9.54. The van der Waals surface area contributed by atoms with Crippen LogP contribution in [0, 0.1) is 0 Å². The molecule has 2 aromatic rings. The van der Waals surface area contributed by atoms with E-state index in [9.17, 15) is 5.21 Å². The first-order chi connectivity index (χ1) is 7.36. The fraction of sp³-hybridized carbons (Fsp3) is 0.100. The van der Waals surface area contributed by atoms with Crippen LogP contribution in [0.3, 0.4) is 0 Å². The maximum Gasteiger partial charge on any atom is 0.252 e. The summed E-state index contributed by atoms with van der Waals surface area (Å²) < 4.78 is 0. The quantitative estimate of drug-likeness (QED) is 0.759. The number of hydroxylamine groups is 1. The summed E-state index contributed by atoms with van der Waals surface area (Å²) in [5.41, 5.74) is 0.986. The molecule has 0 spiro atoms. The zero-order chi connectivity index (χ0) is 10.5. The van der Waals surface area contributed by atoms with Gasteiger partial charge in [-0.2, -0.15) is 9.97 Å². The lowest BCUT2D eigenvalue weighted by atomic mass is 10.2. The van der Waals surface area contributed by atoms with E-state index in [4.69, 9.17) is 0 Å². The van der Waals surface area contributed by atoms with Gasteiger partial charge >= 0.3 is 0 Å². The van der Waals surface area contributed by atoms with Crippen molar-refractivity contribution in [2.75, 3.05) is 5.06 Å². The van der Waals surface area contributed by atoms with Gasteiger partial charge in [-0.1, -0.05) is 30.3 Å². The molecule has 0 saturated heterocycles. The summed E-state index contributed by atoms with van der Waals surface area (Å²) in [7, 11) is 0. The molecule has 1 aromatic heterocycles. The summed E-state index contributed by atoms with van der Waals surface area (Å²) in [6.07, 6.45) is 2.69. The molecule has 5 heteroatoms. The minimum absolute atomic E-state index is 0.244. The van der Waals surface area contributed by atoms with Crippen molar-refractivity contribution in [1.82, 2.24) is 15.0 Å². The smallest absolute Gasteiger partial charge is 0.252 e. The normalized spacial score (nSPS) is 9.93. The van der Waals surface area contributed by atoms with Crippen molar-refractivity contribution in [2.45, 2.75) is 6.54 Å². The van der Waals surface area contributed by atoms with E-state index in [0.717, 1.165) is 10.6 Å². The van der Waals surface area contributed by atoms with E-state index in [2.05, 4.69) is 15.0 Å². The van der Waals surface area contributed by atoms with Gasteiger partial charge in [0.05, 0.1) is 6.54 Å². The van der Waals surface area contributed by atoms with Crippen molar-refractivity contribution in [2.24, 2.45) is 0 Å². The molecular weight excluding hydrogens is 192 g/mol. The highest BCUT2D eigenvalue weighted by Crippen LogP contribution is 2.07. The van der Waals surface area contributed by atoms with Gasteiger partial charge in [-0.3, -0.25) is 5.21 Å². The van der Waals surface area contributed by atoms with E-state index >= 15 is 0 Å². The van der Waals surface area contributed by atoms with Crippen LogP contribution >= 0.6 is 0 Å². The third-order valence-electron chi connectivity index (χ3n) is 1.89. The number of anilines is 1. The Balaban J connectivity index is 2.08. The van der Waals surface area contributed by atoms with Crippen LogP contribution in [0.25, 0.3) is 0 Å². The highest BCUT2D eigenvalue weighted by Gasteiger charge is 2.05. The van der Waals surface area contributed by atoms with Gasteiger partial charge in [0.15, 0.2) is 0 Å². The number of nitrogens with zero attached hydrogens (tertiary/aromatic N) is 4. The zero-order valence-corrected chi connectivity index (χ0v) is 7.98. The van der Waals surface area contributed by atoms with Crippen LogP contribution < -0.4 is 5.06 Å². The molecule has 0 aliphatic rings. The predicted molar refractivity (Wildman–Crippen MR) is 54.2 cm³/mol. The summed E-state index contributed by atoms with van der Waals surface area (Å²) in [4.78, 5) is 11.3.